The van der Waals surface area contributed by atoms with Crippen molar-refractivity contribution in [3.05, 3.63) is 24.3 Å². The lowest BCUT2D eigenvalue weighted by atomic mass is 10.1. The van der Waals surface area contributed by atoms with Crippen LogP contribution in [-0.4, -0.2) is 15.0 Å². The number of nitrogen functional groups attached to an aromatic ring is 1. The first-order chi connectivity index (χ1) is 8.92. The molecule has 0 fully saturated rings. The molecule has 1 aromatic carbocycles. The summed E-state index contributed by atoms with van der Waals surface area (Å²) in [5.41, 5.74) is 6.10. The van der Waals surface area contributed by atoms with E-state index in [1.165, 1.54) is 18.6 Å². The monoisotopic (exact) mass is 284 g/mol. The molecule has 0 bridgehead atoms. The second-order valence-electron chi connectivity index (χ2n) is 5.21. The van der Waals surface area contributed by atoms with E-state index in [-0.39, 0.29) is 4.90 Å². The molecular formula is C14H24N2O2S. The highest BCUT2D eigenvalue weighted by Gasteiger charge is 2.12. The van der Waals surface area contributed by atoms with E-state index in [0.29, 0.717) is 18.2 Å². The summed E-state index contributed by atoms with van der Waals surface area (Å²) in [6.07, 6.45) is 4.29. The Morgan fingerprint density at radius 2 is 1.74 bits per heavy atom. The zero-order valence-corrected chi connectivity index (χ0v) is 12.5. The molecule has 4 nitrogen and oxygen atoms in total. The molecule has 0 aromatic heterocycles. The van der Waals surface area contributed by atoms with E-state index in [1.807, 2.05) is 0 Å². The van der Waals surface area contributed by atoms with Crippen LogP contribution in [0.15, 0.2) is 29.2 Å². The van der Waals surface area contributed by atoms with Gasteiger partial charge in [-0.25, -0.2) is 13.1 Å². The van der Waals surface area contributed by atoms with E-state index >= 15 is 0 Å². The zero-order valence-electron chi connectivity index (χ0n) is 11.7. The lowest BCUT2D eigenvalue weighted by Crippen LogP contribution is -2.24. The number of unbranched alkanes of at least 4 members (excludes halogenated alkanes) is 2. The standard InChI is InChI=1S/C14H24N2O2S/c1-12(2)6-4-3-5-11-16-19(17,18)14-9-7-13(15)8-10-14/h7-10,12,16H,3-6,11,15H2,1-2H3. The van der Waals surface area contributed by atoms with Gasteiger partial charge in [0, 0.05) is 12.2 Å². The molecule has 0 unspecified atom stereocenters. The number of sulfonamides is 1. The van der Waals surface area contributed by atoms with Crippen LogP contribution in [0, 0.1) is 5.92 Å². The Bertz CT molecular complexity index is 467. The Labute approximate surface area is 116 Å². The number of hydrogen-bond donors (Lipinski definition) is 2. The molecule has 0 spiro atoms. The van der Waals surface area contributed by atoms with Crippen molar-refractivity contribution >= 4 is 15.7 Å². The van der Waals surface area contributed by atoms with Gasteiger partial charge in [-0.15, -0.1) is 0 Å². The summed E-state index contributed by atoms with van der Waals surface area (Å²) in [4.78, 5) is 0.267. The van der Waals surface area contributed by atoms with E-state index in [0.717, 1.165) is 19.3 Å². The highest BCUT2D eigenvalue weighted by Crippen LogP contribution is 2.12. The maximum atomic E-state index is 11.9. The minimum Gasteiger partial charge on any atom is -0.399 e. The molecule has 0 heterocycles. The highest BCUT2D eigenvalue weighted by atomic mass is 32.2. The fourth-order valence-corrected chi connectivity index (χ4v) is 2.87. The Morgan fingerprint density at radius 1 is 1.11 bits per heavy atom. The molecule has 108 valence electrons. The quantitative estimate of drug-likeness (QED) is 0.569. The fourth-order valence-electron chi connectivity index (χ4n) is 1.79. The minimum absolute atomic E-state index is 0.267. The van der Waals surface area contributed by atoms with Gasteiger partial charge in [0.05, 0.1) is 4.90 Å². The second-order valence-corrected chi connectivity index (χ2v) is 6.98. The number of benzene rings is 1. The smallest absolute Gasteiger partial charge is 0.240 e. The first-order valence-electron chi connectivity index (χ1n) is 6.77. The topological polar surface area (TPSA) is 72.2 Å². The van der Waals surface area contributed by atoms with Crippen LogP contribution in [0.25, 0.3) is 0 Å². The van der Waals surface area contributed by atoms with Gasteiger partial charge in [-0.1, -0.05) is 33.1 Å². The molecule has 1 aromatic rings. The van der Waals surface area contributed by atoms with Gasteiger partial charge >= 0.3 is 0 Å². The second kappa shape index (κ2) is 7.50. The van der Waals surface area contributed by atoms with Crippen LogP contribution in [0.5, 0.6) is 0 Å². The third kappa shape index (κ3) is 6.07. The van der Waals surface area contributed by atoms with Gasteiger partial charge in [0.1, 0.15) is 0 Å². The third-order valence-corrected chi connectivity index (χ3v) is 4.42. The molecule has 0 saturated carbocycles. The molecule has 0 saturated heterocycles. The van der Waals surface area contributed by atoms with Crippen molar-refractivity contribution in [1.82, 2.24) is 4.72 Å². The number of hydrogen-bond acceptors (Lipinski definition) is 3. The van der Waals surface area contributed by atoms with Gasteiger partial charge in [-0.2, -0.15) is 0 Å². The van der Waals surface area contributed by atoms with Crippen LogP contribution < -0.4 is 10.5 Å². The van der Waals surface area contributed by atoms with E-state index in [9.17, 15) is 8.42 Å². The molecule has 0 aliphatic heterocycles. The van der Waals surface area contributed by atoms with Crippen molar-refractivity contribution in [2.24, 2.45) is 5.92 Å². The van der Waals surface area contributed by atoms with Crippen molar-refractivity contribution in [1.29, 1.82) is 0 Å². The summed E-state index contributed by atoms with van der Waals surface area (Å²) >= 11 is 0. The Morgan fingerprint density at radius 3 is 2.32 bits per heavy atom. The Balaban J connectivity index is 2.33. The molecule has 1 rings (SSSR count). The van der Waals surface area contributed by atoms with E-state index in [2.05, 4.69) is 18.6 Å². The zero-order chi connectivity index (χ0) is 14.3. The summed E-state index contributed by atoms with van der Waals surface area (Å²) in [6, 6.07) is 6.24. The SMILES string of the molecule is CC(C)CCCCCNS(=O)(=O)c1ccc(N)cc1. The number of rotatable bonds is 8. The van der Waals surface area contributed by atoms with Gasteiger partial charge in [-0.3, -0.25) is 0 Å². The average molecular weight is 284 g/mol. The predicted molar refractivity (Wildman–Crippen MR) is 79.3 cm³/mol. The fraction of sp³-hybridized carbons (Fsp3) is 0.571. The first kappa shape index (κ1) is 16.0. The van der Waals surface area contributed by atoms with Crippen molar-refractivity contribution in [3.63, 3.8) is 0 Å². The van der Waals surface area contributed by atoms with Crippen LogP contribution in [-0.2, 0) is 10.0 Å². The highest BCUT2D eigenvalue weighted by molar-refractivity contribution is 7.89. The molecular weight excluding hydrogens is 260 g/mol. The molecule has 0 radical (unpaired) electrons. The van der Waals surface area contributed by atoms with Crippen molar-refractivity contribution in [3.8, 4) is 0 Å². The van der Waals surface area contributed by atoms with Gasteiger partial charge < -0.3 is 5.73 Å². The molecule has 0 aliphatic rings. The normalized spacial score (nSPS) is 11.9. The maximum absolute atomic E-state index is 11.9. The van der Waals surface area contributed by atoms with E-state index in [4.69, 9.17) is 5.73 Å². The summed E-state index contributed by atoms with van der Waals surface area (Å²) in [5.74, 6) is 0.714. The van der Waals surface area contributed by atoms with Gasteiger partial charge in [0.15, 0.2) is 0 Å². The lowest BCUT2D eigenvalue weighted by molar-refractivity contribution is 0.522. The molecule has 3 N–H and O–H groups in total. The van der Waals surface area contributed by atoms with Crippen LogP contribution in [0.3, 0.4) is 0 Å². The van der Waals surface area contributed by atoms with Gasteiger partial charge in [0.25, 0.3) is 0 Å². The van der Waals surface area contributed by atoms with E-state index in [1.54, 1.807) is 12.1 Å². The van der Waals surface area contributed by atoms with Gasteiger partial charge in [-0.05, 0) is 36.6 Å². The summed E-state index contributed by atoms with van der Waals surface area (Å²) in [5, 5.41) is 0. The molecule has 19 heavy (non-hydrogen) atoms. The Kier molecular flexibility index (Phi) is 6.31. The largest absolute Gasteiger partial charge is 0.399 e. The Hall–Kier alpha value is -1.07. The van der Waals surface area contributed by atoms with Crippen molar-refractivity contribution in [2.75, 3.05) is 12.3 Å². The molecule has 0 aliphatic carbocycles. The van der Waals surface area contributed by atoms with Crippen LogP contribution >= 0.6 is 0 Å². The molecule has 5 heteroatoms. The molecule has 0 atom stereocenters. The average Bonchev–Trinajstić information content (AvgIpc) is 2.34. The summed E-state index contributed by atoms with van der Waals surface area (Å²) < 4.78 is 26.5. The minimum atomic E-state index is -3.39. The van der Waals surface area contributed by atoms with Crippen molar-refractivity contribution < 1.29 is 8.42 Å². The maximum Gasteiger partial charge on any atom is 0.240 e. The number of anilines is 1. The first-order valence-corrected chi connectivity index (χ1v) is 8.25. The third-order valence-electron chi connectivity index (χ3n) is 2.94. The number of nitrogens with one attached hydrogen (secondary N) is 1. The van der Waals surface area contributed by atoms with Crippen LogP contribution in [0.4, 0.5) is 5.69 Å². The predicted octanol–water partition coefficient (Wildman–Crippen LogP) is 2.76. The number of nitrogens with two attached hydrogens (primary N) is 1. The lowest BCUT2D eigenvalue weighted by Gasteiger charge is -2.07. The summed E-state index contributed by atoms with van der Waals surface area (Å²) in [7, 11) is -3.39. The van der Waals surface area contributed by atoms with Crippen LogP contribution in [0.1, 0.15) is 39.5 Å². The van der Waals surface area contributed by atoms with Gasteiger partial charge in [0.2, 0.25) is 10.0 Å². The molecule has 0 amide bonds. The van der Waals surface area contributed by atoms with Crippen LogP contribution in [0.2, 0.25) is 0 Å². The van der Waals surface area contributed by atoms with E-state index < -0.39 is 10.0 Å². The van der Waals surface area contributed by atoms with Crippen molar-refractivity contribution in [2.45, 2.75) is 44.4 Å². The summed E-state index contributed by atoms with van der Waals surface area (Å²) in [6.45, 7) is 4.89.